The van der Waals surface area contributed by atoms with E-state index in [4.69, 9.17) is 4.43 Å². The van der Waals surface area contributed by atoms with Crippen molar-refractivity contribution in [3.8, 4) is 0 Å². The third kappa shape index (κ3) is 6.86. The molecule has 0 aliphatic carbocycles. The van der Waals surface area contributed by atoms with Gasteiger partial charge in [-0.05, 0) is 12.0 Å². The smallest absolute Gasteiger partial charge is 0.164 e. The molecule has 0 aromatic heterocycles. The van der Waals surface area contributed by atoms with Gasteiger partial charge < -0.3 is 4.43 Å². The molecule has 0 amide bonds. The fourth-order valence-corrected chi connectivity index (χ4v) is 3.46. The lowest BCUT2D eigenvalue weighted by Crippen LogP contribution is -2.08. The predicted molar refractivity (Wildman–Crippen MR) is 58.4 cm³/mol. The molecule has 0 rings (SSSR count). The van der Waals surface area contributed by atoms with Crippen LogP contribution in [0.5, 0.6) is 0 Å². The largest absolute Gasteiger partial charge is 0.424 e. The van der Waals surface area contributed by atoms with Crippen LogP contribution in [0.15, 0.2) is 0 Å². The molecule has 0 spiro atoms. The number of hydrogen-bond donors (Lipinski definition) is 0. The van der Waals surface area contributed by atoms with E-state index in [0.29, 0.717) is 0 Å². The molecule has 2 heteroatoms. The average molecular weight is 188 g/mol. The van der Waals surface area contributed by atoms with Crippen molar-refractivity contribution in [2.45, 2.75) is 58.4 Å². The van der Waals surface area contributed by atoms with Crippen LogP contribution in [0.25, 0.3) is 0 Å². The van der Waals surface area contributed by atoms with E-state index in [0.717, 1.165) is 12.1 Å². The summed E-state index contributed by atoms with van der Waals surface area (Å²) in [5, 5.41) is 0. The molecule has 0 unspecified atom stereocenters. The first-order chi connectivity index (χ1) is 5.85. The van der Waals surface area contributed by atoms with E-state index in [2.05, 4.69) is 20.8 Å². The van der Waals surface area contributed by atoms with Gasteiger partial charge >= 0.3 is 0 Å². The van der Waals surface area contributed by atoms with Gasteiger partial charge in [-0.25, -0.2) is 0 Å². The summed E-state index contributed by atoms with van der Waals surface area (Å²) in [5.74, 6) is 0. The quantitative estimate of drug-likeness (QED) is 0.420. The molecule has 0 heterocycles. The van der Waals surface area contributed by atoms with Gasteiger partial charge in [0.25, 0.3) is 0 Å². The lowest BCUT2D eigenvalue weighted by atomic mass is 10.1. The van der Waals surface area contributed by atoms with Crippen LogP contribution < -0.4 is 0 Å². The van der Waals surface area contributed by atoms with Crippen molar-refractivity contribution in [3.05, 3.63) is 0 Å². The Morgan fingerprint density at radius 3 is 2.00 bits per heavy atom. The zero-order chi connectivity index (χ0) is 9.23. The molecule has 12 heavy (non-hydrogen) atoms. The second-order valence-electron chi connectivity index (χ2n) is 3.52. The van der Waals surface area contributed by atoms with E-state index < -0.39 is 0 Å². The summed E-state index contributed by atoms with van der Waals surface area (Å²) in [7, 11) is -0.208. The van der Waals surface area contributed by atoms with Crippen LogP contribution in [-0.2, 0) is 4.43 Å². The van der Waals surface area contributed by atoms with Crippen molar-refractivity contribution in [3.63, 3.8) is 0 Å². The van der Waals surface area contributed by atoms with Gasteiger partial charge in [0.2, 0.25) is 0 Å². The summed E-state index contributed by atoms with van der Waals surface area (Å²) in [4.78, 5) is 0. The molecule has 0 aromatic rings. The highest BCUT2D eigenvalue weighted by molar-refractivity contribution is 6.29. The van der Waals surface area contributed by atoms with Crippen LogP contribution in [0, 0.1) is 0 Å². The molecular weight excluding hydrogens is 164 g/mol. The lowest BCUT2D eigenvalue weighted by molar-refractivity contribution is 0.324. The second-order valence-corrected chi connectivity index (χ2v) is 5.41. The zero-order valence-corrected chi connectivity index (χ0v) is 10.3. The van der Waals surface area contributed by atoms with Crippen molar-refractivity contribution in [2.24, 2.45) is 0 Å². The predicted octanol–water partition coefficient (Wildman–Crippen LogP) is 2.89. The minimum absolute atomic E-state index is 0.208. The van der Waals surface area contributed by atoms with Crippen molar-refractivity contribution in [1.82, 2.24) is 0 Å². The highest BCUT2D eigenvalue weighted by atomic mass is 28.2. The maximum Gasteiger partial charge on any atom is 0.164 e. The number of rotatable bonds is 8. The minimum atomic E-state index is -0.208. The van der Waals surface area contributed by atoms with Crippen LogP contribution in [0.4, 0.5) is 0 Å². The third-order valence-electron chi connectivity index (χ3n) is 2.10. The van der Waals surface area contributed by atoms with Gasteiger partial charge in [0.05, 0.1) is 0 Å². The first kappa shape index (κ1) is 12.2. The standard InChI is InChI=1S/C10H24OSi/c1-4-7-10(8-5-2)12-11-9-6-3/h10H,4-9,12H2,1-3H3. The molecule has 74 valence electrons. The van der Waals surface area contributed by atoms with E-state index in [9.17, 15) is 0 Å². The summed E-state index contributed by atoms with van der Waals surface area (Å²) in [5.41, 5.74) is 0.951. The highest BCUT2D eigenvalue weighted by Gasteiger charge is 2.06. The third-order valence-corrected chi connectivity index (χ3v) is 3.91. The second kappa shape index (κ2) is 9.27. The van der Waals surface area contributed by atoms with Gasteiger partial charge in [0.1, 0.15) is 0 Å². The summed E-state index contributed by atoms with van der Waals surface area (Å²) in [6.07, 6.45) is 6.62. The Morgan fingerprint density at radius 1 is 1.00 bits per heavy atom. The Bertz CT molecular complexity index is 79.9. The fraction of sp³-hybridized carbons (Fsp3) is 1.00. The summed E-state index contributed by atoms with van der Waals surface area (Å²) in [6, 6.07) is 0. The van der Waals surface area contributed by atoms with Crippen molar-refractivity contribution < 1.29 is 4.43 Å². The van der Waals surface area contributed by atoms with Crippen LogP contribution in [0.2, 0.25) is 5.54 Å². The average Bonchev–Trinajstić information content (AvgIpc) is 2.06. The Morgan fingerprint density at radius 2 is 1.58 bits per heavy atom. The van der Waals surface area contributed by atoms with E-state index in [1.165, 1.54) is 32.1 Å². The summed E-state index contributed by atoms with van der Waals surface area (Å²) in [6.45, 7) is 7.73. The topological polar surface area (TPSA) is 9.23 Å². The Labute approximate surface area is 79.8 Å². The molecule has 0 aliphatic heterocycles. The van der Waals surface area contributed by atoms with Crippen LogP contribution in [0.3, 0.4) is 0 Å². The first-order valence-electron chi connectivity index (χ1n) is 5.42. The van der Waals surface area contributed by atoms with E-state index >= 15 is 0 Å². The minimum Gasteiger partial charge on any atom is -0.424 e. The molecule has 0 radical (unpaired) electrons. The molecule has 0 aliphatic rings. The van der Waals surface area contributed by atoms with Gasteiger partial charge in [0.15, 0.2) is 9.76 Å². The van der Waals surface area contributed by atoms with Gasteiger partial charge in [-0.1, -0.05) is 46.5 Å². The first-order valence-corrected chi connectivity index (χ1v) is 6.82. The molecule has 0 aromatic carbocycles. The molecule has 0 fully saturated rings. The molecule has 0 saturated heterocycles. The van der Waals surface area contributed by atoms with Crippen LogP contribution >= 0.6 is 0 Å². The fourth-order valence-electron chi connectivity index (χ4n) is 1.52. The SMILES string of the molecule is CCCO[SiH2]C(CCC)CCC. The van der Waals surface area contributed by atoms with Gasteiger partial charge in [0, 0.05) is 6.61 Å². The molecule has 0 saturated carbocycles. The van der Waals surface area contributed by atoms with Crippen molar-refractivity contribution in [2.75, 3.05) is 6.61 Å². The Hall–Kier alpha value is 0.177. The molecule has 1 nitrogen and oxygen atoms in total. The molecule has 0 atom stereocenters. The zero-order valence-electron chi connectivity index (χ0n) is 8.94. The lowest BCUT2D eigenvalue weighted by Gasteiger charge is -2.13. The maximum atomic E-state index is 5.69. The highest BCUT2D eigenvalue weighted by Crippen LogP contribution is 2.18. The number of hydrogen-bond acceptors (Lipinski definition) is 1. The summed E-state index contributed by atoms with van der Waals surface area (Å²) < 4.78 is 5.69. The van der Waals surface area contributed by atoms with Crippen LogP contribution in [0.1, 0.15) is 52.9 Å². The Kier molecular flexibility index (Phi) is 9.40. The van der Waals surface area contributed by atoms with E-state index in [-0.39, 0.29) is 9.76 Å². The Balaban J connectivity index is 3.34. The normalized spacial score (nSPS) is 12.0. The monoisotopic (exact) mass is 188 g/mol. The van der Waals surface area contributed by atoms with Gasteiger partial charge in [-0.15, -0.1) is 0 Å². The molecule has 0 bridgehead atoms. The van der Waals surface area contributed by atoms with Crippen LogP contribution in [-0.4, -0.2) is 16.4 Å². The van der Waals surface area contributed by atoms with Gasteiger partial charge in [-0.2, -0.15) is 0 Å². The van der Waals surface area contributed by atoms with E-state index in [1.54, 1.807) is 0 Å². The molecule has 0 N–H and O–H groups in total. The summed E-state index contributed by atoms with van der Waals surface area (Å²) >= 11 is 0. The maximum absolute atomic E-state index is 5.69. The van der Waals surface area contributed by atoms with Crippen molar-refractivity contribution >= 4 is 9.76 Å². The van der Waals surface area contributed by atoms with E-state index in [1.807, 2.05) is 0 Å². The van der Waals surface area contributed by atoms with Crippen molar-refractivity contribution in [1.29, 1.82) is 0 Å². The van der Waals surface area contributed by atoms with Gasteiger partial charge in [-0.3, -0.25) is 0 Å². The molecular formula is C10H24OSi.